The zero-order valence-corrected chi connectivity index (χ0v) is 13.1. The van der Waals surface area contributed by atoms with Gasteiger partial charge in [0.05, 0.1) is 0 Å². The Bertz CT molecular complexity index is 592. The summed E-state index contributed by atoms with van der Waals surface area (Å²) >= 11 is 1.39. The van der Waals surface area contributed by atoms with Gasteiger partial charge in [0.15, 0.2) is 11.7 Å². The Morgan fingerprint density at radius 1 is 1.41 bits per heavy atom. The number of hydrogen-bond donors (Lipinski definition) is 2. The third kappa shape index (κ3) is 4.05. The van der Waals surface area contributed by atoms with Crippen molar-refractivity contribution >= 4 is 22.4 Å². The van der Waals surface area contributed by atoms with Crippen LogP contribution in [0.3, 0.4) is 0 Å². The minimum atomic E-state index is -0.199. The molecule has 3 rings (SSSR count). The molecule has 1 saturated heterocycles. The summed E-state index contributed by atoms with van der Waals surface area (Å²) in [5, 5.41) is 8.52. The monoisotopic (exact) mass is 317 g/mol. The number of hydrogen-bond acceptors (Lipinski definition) is 5. The molecule has 6 heteroatoms. The molecular formula is C16H19N3O2S. The first kappa shape index (κ1) is 15.0. The summed E-state index contributed by atoms with van der Waals surface area (Å²) in [7, 11) is 0. The number of nitrogens with zero attached hydrogens (tertiary/aromatic N) is 1. The van der Waals surface area contributed by atoms with E-state index in [1.807, 2.05) is 17.5 Å². The van der Waals surface area contributed by atoms with Crippen LogP contribution in [0.5, 0.6) is 5.75 Å². The molecule has 1 aromatic heterocycles. The van der Waals surface area contributed by atoms with Gasteiger partial charge in [-0.25, -0.2) is 4.98 Å². The quantitative estimate of drug-likeness (QED) is 0.890. The van der Waals surface area contributed by atoms with Gasteiger partial charge in [0, 0.05) is 18.1 Å². The van der Waals surface area contributed by atoms with Gasteiger partial charge in [0.2, 0.25) is 0 Å². The lowest BCUT2D eigenvalue weighted by Crippen LogP contribution is -2.28. The summed E-state index contributed by atoms with van der Waals surface area (Å²) in [6, 6.07) is 8.04. The minimum absolute atomic E-state index is 0.0100. The van der Waals surface area contributed by atoms with E-state index in [0.717, 1.165) is 13.1 Å². The average Bonchev–Trinajstić information content (AvgIpc) is 3.07. The van der Waals surface area contributed by atoms with Gasteiger partial charge in [-0.05, 0) is 43.0 Å². The predicted molar refractivity (Wildman–Crippen MR) is 87.5 cm³/mol. The summed E-state index contributed by atoms with van der Waals surface area (Å²) in [5.41, 5.74) is 1.33. The molecule has 2 heterocycles. The molecule has 1 unspecified atom stereocenters. The van der Waals surface area contributed by atoms with E-state index in [2.05, 4.69) is 27.8 Å². The number of thiazole rings is 1. The van der Waals surface area contributed by atoms with Gasteiger partial charge in [-0.15, -0.1) is 11.3 Å². The Balaban J connectivity index is 1.49. The van der Waals surface area contributed by atoms with Crippen molar-refractivity contribution in [2.75, 3.05) is 25.0 Å². The molecule has 22 heavy (non-hydrogen) atoms. The topological polar surface area (TPSA) is 63.2 Å². The Morgan fingerprint density at radius 2 is 2.27 bits per heavy atom. The largest absolute Gasteiger partial charge is 0.484 e. The fraction of sp³-hybridized carbons (Fsp3) is 0.375. The highest BCUT2D eigenvalue weighted by Crippen LogP contribution is 2.25. The second-order valence-electron chi connectivity index (χ2n) is 5.29. The number of aromatic nitrogens is 1. The number of anilines is 1. The Kier molecular flexibility index (Phi) is 5.03. The van der Waals surface area contributed by atoms with Crippen LogP contribution in [0, 0.1) is 0 Å². The molecule has 0 aliphatic carbocycles. The van der Waals surface area contributed by atoms with Crippen LogP contribution < -0.4 is 15.4 Å². The van der Waals surface area contributed by atoms with E-state index in [-0.39, 0.29) is 12.5 Å². The molecule has 2 N–H and O–H groups in total. The standard InChI is InChI=1S/C16H19N3O2S/c20-15(19-16-18-8-9-22-16)11-21-14-5-3-12(4-6-14)13-2-1-7-17-10-13/h3-6,8-9,13,17H,1-2,7,10-11H2,(H,18,19,20). The first-order valence-electron chi connectivity index (χ1n) is 7.44. The van der Waals surface area contributed by atoms with Crippen LogP contribution in [0.2, 0.25) is 0 Å². The number of amides is 1. The fourth-order valence-electron chi connectivity index (χ4n) is 2.56. The maximum Gasteiger partial charge on any atom is 0.264 e. The van der Waals surface area contributed by atoms with Gasteiger partial charge in [0.1, 0.15) is 5.75 Å². The highest BCUT2D eigenvalue weighted by atomic mass is 32.1. The summed E-state index contributed by atoms with van der Waals surface area (Å²) in [6.45, 7) is 2.15. The van der Waals surface area contributed by atoms with E-state index in [1.54, 1.807) is 6.20 Å². The molecule has 0 radical (unpaired) electrons. The summed E-state index contributed by atoms with van der Waals surface area (Å²) in [4.78, 5) is 15.7. The lowest BCUT2D eigenvalue weighted by atomic mass is 9.92. The molecule has 1 amide bonds. The first-order valence-corrected chi connectivity index (χ1v) is 8.32. The van der Waals surface area contributed by atoms with Crippen LogP contribution in [0.1, 0.15) is 24.3 Å². The molecule has 0 bridgehead atoms. The summed E-state index contributed by atoms with van der Waals surface area (Å²) in [5.74, 6) is 1.09. The number of benzene rings is 1. The van der Waals surface area contributed by atoms with Crippen LogP contribution >= 0.6 is 11.3 Å². The van der Waals surface area contributed by atoms with Crippen molar-refractivity contribution in [2.45, 2.75) is 18.8 Å². The third-order valence-corrected chi connectivity index (χ3v) is 4.39. The Morgan fingerprint density at radius 3 is 2.95 bits per heavy atom. The van der Waals surface area contributed by atoms with E-state index in [9.17, 15) is 4.79 Å². The van der Waals surface area contributed by atoms with Gasteiger partial charge < -0.3 is 10.1 Å². The van der Waals surface area contributed by atoms with Crippen LogP contribution in [-0.2, 0) is 4.79 Å². The van der Waals surface area contributed by atoms with E-state index in [0.29, 0.717) is 16.8 Å². The smallest absolute Gasteiger partial charge is 0.264 e. The minimum Gasteiger partial charge on any atom is -0.484 e. The molecule has 116 valence electrons. The van der Waals surface area contributed by atoms with Gasteiger partial charge in [-0.1, -0.05) is 12.1 Å². The lowest BCUT2D eigenvalue weighted by Gasteiger charge is -2.23. The van der Waals surface area contributed by atoms with E-state index in [4.69, 9.17) is 4.74 Å². The van der Waals surface area contributed by atoms with Crippen LogP contribution in [0.15, 0.2) is 35.8 Å². The number of nitrogens with one attached hydrogen (secondary N) is 2. The predicted octanol–water partition coefficient (Wildman–Crippen LogP) is 2.63. The Hall–Kier alpha value is -1.92. The van der Waals surface area contributed by atoms with E-state index >= 15 is 0 Å². The van der Waals surface area contributed by atoms with E-state index < -0.39 is 0 Å². The van der Waals surface area contributed by atoms with Crippen molar-refractivity contribution in [1.29, 1.82) is 0 Å². The molecular weight excluding hydrogens is 298 g/mol. The average molecular weight is 317 g/mol. The maximum absolute atomic E-state index is 11.7. The molecule has 2 aromatic rings. The highest BCUT2D eigenvalue weighted by molar-refractivity contribution is 7.13. The number of piperidine rings is 1. The van der Waals surface area contributed by atoms with Crippen molar-refractivity contribution in [3.05, 3.63) is 41.4 Å². The zero-order chi connectivity index (χ0) is 15.2. The second kappa shape index (κ2) is 7.38. The van der Waals surface area contributed by atoms with Gasteiger partial charge in [-0.3, -0.25) is 10.1 Å². The molecule has 0 saturated carbocycles. The lowest BCUT2D eigenvalue weighted by molar-refractivity contribution is -0.118. The zero-order valence-electron chi connectivity index (χ0n) is 12.2. The maximum atomic E-state index is 11.7. The van der Waals surface area contributed by atoms with Crippen LogP contribution in [0.4, 0.5) is 5.13 Å². The molecule has 1 aliphatic rings. The molecule has 5 nitrogen and oxygen atoms in total. The number of ether oxygens (including phenoxy) is 1. The van der Waals surface area contributed by atoms with Gasteiger partial charge in [-0.2, -0.15) is 0 Å². The molecule has 1 aromatic carbocycles. The molecule has 1 atom stereocenters. The van der Waals surface area contributed by atoms with Crippen molar-refractivity contribution in [1.82, 2.24) is 10.3 Å². The Labute approximate surface area is 133 Å². The van der Waals surface area contributed by atoms with Gasteiger partial charge in [0.25, 0.3) is 5.91 Å². The molecule has 0 spiro atoms. The first-order chi connectivity index (χ1) is 10.8. The molecule has 1 aliphatic heterocycles. The van der Waals surface area contributed by atoms with Crippen molar-refractivity contribution in [3.8, 4) is 5.75 Å². The number of carbonyl (C=O) groups is 1. The van der Waals surface area contributed by atoms with Gasteiger partial charge >= 0.3 is 0 Å². The number of carbonyl (C=O) groups excluding carboxylic acids is 1. The van der Waals surface area contributed by atoms with Crippen molar-refractivity contribution < 1.29 is 9.53 Å². The molecule has 1 fully saturated rings. The normalized spacial score (nSPS) is 17.9. The van der Waals surface area contributed by atoms with Crippen molar-refractivity contribution in [3.63, 3.8) is 0 Å². The van der Waals surface area contributed by atoms with E-state index in [1.165, 1.54) is 29.7 Å². The van der Waals surface area contributed by atoms with Crippen LogP contribution in [-0.4, -0.2) is 30.6 Å². The van der Waals surface area contributed by atoms with Crippen LogP contribution in [0.25, 0.3) is 0 Å². The highest BCUT2D eigenvalue weighted by Gasteiger charge is 2.14. The summed E-state index contributed by atoms with van der Waals surface area (Å²) in [6.07, 6.45) is 4.10. The van der Waals surface area contributed by atoms with Crippen molar-refractivity contribution in [2.24, 2.45) is 0 Å². The summed E-state index contributed by atoms with van der Waals surface area (Å²) < 4.78 is 5.51. The fourth-order valence-corrected chi connectivity index (χ4v) is 3.11. The second-order valence-corrected chi connectivity index (χ2v) is 6.18. The number of rotatable bonds is 5. The third-order valence-electron chi connectivity index (χ3n) is 3.70. The SMILES string of the molecule is O=C(COc1ccc(C2CCCNC2)cc1)Nc1nccs1.